The number of likely N-dealkylation sites (N-methyl/N-ethyl adjacent to an activating group) is 1. The van der Waals surface area contributed by atoms with E-state index in [1.54, 1.807) is 11.9 Å². The minimum absolute atomic E-state index is 0.303. The Bertz CT molecular complexity index is 1080. The van der Waals surface area contributed by atoms with Crippen LogP contribution in [0.4, 0.5) is 9.18 Å². The number of amides is 1. The summed E-state index contributed by atoms with van der Waals surface area (Å²) in [4.78, 5) is 15.0. The van der Waals surface area contributed by atoms with E-state index in [1.165, 1.54) is 24.3 Å². The van der Waals surface area contributed by atoms with Crippen molar-refractivity contribution in [1.29, 1.82) is 0 Å². The molecule has 0 saturated carbocycles. The van der Waals surface area contributed by atoms with E-state index in [2.05, 4.69) is 24.4 Å². The SMILES string of the molecule is CN(C(=O)Oc1ccc(F)cc1)[C@]1(Cc2ccccc2)CNC[C@@]1(C)c1ccc(Cl)cc1. The van der Waals surface area contributed by atoms with Crippen LogP contribution in [0.3, 0.4) is 0 Å². The molecule has 0 aromatic heterocycles. The number of carbonyl (C=O) groups is 1. The summed E-state index contributed by atoms with van der Waals surface area (Å²) in [6.45, 7) is 3.45. The van der Waals surface area contributed by atoms with Crippen molar-refractivity contribution in [2.45, 2.75) is 24.3 Å². The molecular weight excluding hydrogens is 427 g/mol. The van der Waals surface area contributed by atoms with Crippen molar-refractivity contribution in [2.24, 2.45) is 0 Å². The van der Waals surface area contributed by atoms with Crippen molar-refractivity contribution in [1.82, 2.24) is 10.2 Å². The van der Waals surface area contributed by atoms with Gasteiger partial charge in [0, 0.05) is 30.6 Å². The highest BCUT2D eigenvalue weighted by Crippen LogP contribution is 2.44. The molecule has 6 heteroatoms. The third kappa shape index (κ3) is 4.10. The van der Waals surface area contributed by atoms with Crippen LogP contribution in [0.15, 0.2) is 78.9 Å². The van der Waals surface area contributed by atoms with Crippen LogP contribution in [0.25, 0.3) is 0 Å². The molecule has 4 rings (SSSR count). The number of ether oxygens (including phenoxy) is 1. The highest BCUT2D eigenvalue weighted by molar-refractivity contribution is 6.30. The van der Waals surface area contributed by atoms with Gasteiger partial charge in [0.1, 0.15) is 11.6 Å². The van der Waals surface area contributed by atoms with Crippen LogP contribution in [-0.4, -0.2) is 36.7 Å². The number of rotatable bonds is 5. The van der Waals surface area contributed by atoms with E-state index < -0.39 is 17.0 Å². The zero-order chi connectivity index (χ0) is 22.8. The zero-order valence-corrected chi connectivity index (χ0v) is 18.9. The zero-order valence-electron chi connectivity index (χ0n) is 18.1. The van der Waals surface area contributed by atoms with Crippen molar-refractivity contribution in [3.05, 3.63) is 101 Å². The molecule has 1 fully saturated rings. The Labute approximate surface area is 193 Å². The van der Waals surface area contributed by atoms with E-state index in [4.69, 9.17) is 16.3 Å². The summed E-state index contributed by atoms with van der Waals surface area (Å²) in [6, 6.07) is 23.4. The molecule has 166 valence electrons. The predicted octanol–water partition coefficient (Wildman–Crippen LogP) is 5.45. The lowest BCUT2D eigenvalue weighted by molar-refractivity contribution is 0.0721. The molecule has 4 nitrogen and oxygen atoms in total. The minimum Gasteiger partial charge on any atom is -0.410 e. The fourth-order valence-electron chi connectivity index (χ4n) is 4.71. The summed E-state index contributed by atoms with van der Waals surface area (Å²) < 4.78 is 18.9. The number of nitrogens with zero attached hydrogens (tertiary/aromatic N) is 1. The minimum atomic E-state index is -0.612. The van der Waals surface area contributed by atoms with Crippen LogP contribution in [-0.2, 0) is 11.8 Å². The van der Waals surface area contributed by atoms with Crippen LogP contribution in [0, 0.1) is 5.82 Å². The van der Waals surface area contributed by atoms with Crippen molar-refractivity contribution < 1.29 is 13.9 Å². The number of benzene rings is 3. The summed E-state index contributed by atoms with van der Waals surface area (Å²) in [5, 5.41) is 4.18. The summed E-state index contributed by atoms with van der Waals surface area (Å²) >= 11 is 6.15. The molecule has 32 heavy (non-hydrogen) atoms. The molecule has 2 atom stereocenters. The Balaban J connectivity index is 1.74. The van der Waals surface area contributed by atoms with Crippen molar-refractivity contribution >= 4 is 17.7 Å². The second kappa shape index (κ2) is 8.93. The first-order valence-corrected chi connectivity index (χ1v) is 10.9. The lowest BCUT2D eigenvalue weighted by atomic mass is 9.65. The van der Waals surface area contributed by atoms with Gasteiger partial charge >= 0.3 is 6.09 Å². The smallest absolute Gasteiger partial charge is 0.410 e. The number of halogens is 2. The van der Waals surface area contributed by atoms with Gasteiger partial charge in [-0.05, 0) is 53.9 Å². The Morgan fingerprint density at radius 1 is 1.03 bits per heavy atom. The number of carbonyl (C=O) groups excluding carboxylic acids is 1. The average molecular weight is 453 g/mol. The maximum atomic E-state index is 13.3. The third-order valence-corrected chi connectivity index (χ3v) is 6.93. The Morgan fingerprint density at radius 3 is 2.34 bits per heavy atom. The number of hydrogen-bond acceptors (Lipinski definition) is 3. The monoisotopic (exact) mass is 452 g/mol. The molecule has 0 unspecified atom stereocenters. The second-order valence-electron chi connectivity index (χ2n) is 8.52. The predicted molar refractivity (Wildman–Crippen MR) is 125 cm³/mol. The Hall–Kier alpha value is -2.89. The lowest BCUT2D eigenvalue weighted by Gasteiger charge is -2.49. The molecule has 1 amide bonds. The van der Waals surface area contributed by atoms with E-state index in [0.29, 0.717) is 30.3 Å². The maximum absolute atomic E-state index is 13.3. The summed E-state index contributed by atoms with van der Waals surface area (Å²) in [6.07, 6.45) is 0.144. The molecule has 0 aliphatic carbocycles. The van der Waals surface area contributed by atoms with Gasteiger partial charge < -0.3 is 15.0 Å². The van der Waals surface area contributed by atoms with E-state index in [0.717, 1.165) is 11.1 Å². The highest BCUT2D eigenvalue weighted by Gasteiger charge is 2.57. The lowest BCUT2D eigenvalue weighted by Crippen LogP contribution is -2.63. The van der Waals surface area contributed by atoms with E-state index in [-0.39, 0.29) is 5.82 Å². The van der Waals surface area contributed by atoms with E-state index in [1.807, 2.05) is 42.5 Å². The molecule has 1 aliphatic rings. The molecule has 1 N–H and O–H groups in total. The molecule has 1 saturated heterocycles. The fraction of sp³-hybridized carbons (Fsp3) is 0.269. The molecule has 0 radical (unpaired) electrons. The van der Waals surface area contributed by atoms with Crippen LogP contribution >= 0.6 is 11.6 Å². The molecule has 0 spiro atoms. The first-order chi connectivity index (χ1) is 15.3. The van der Waals surface area contributed by atoms with Gasteiger partial charge in [0.05, 0.1) is 5.54 Å². The normalized spacial score (nSPS) is 22.5. The maximum Gasteiger partial charge on any atom is 0.415 e. The molecule has 1 aliphatic heterocycles. The average Bonchev–Trinajstić information content (AvgIpc) is 3.13. The van der Waals surface area contributed by atoms with Crippen LogP contribution in [0.1, 0.15) is 18.1 Å². The largest absolute Gasteiger partial charge is 0.415 e. The first kappa shape index (κ1) is 22.3. The summed E-state index contributed by atoms with van der Waals surface area (Å²) in [5.74, 6) is -0.0775. The second-order valence-corrected chi connectivity index (χ2v) is 8.95. The van der Waals surface area contributed by atoms with Gasteiger partial charge in [-0.3, -0.25) is 0 Å². The van der Waals surface area contributed by atoms with Crippen LogP contribution < -0.4 is 10.1 Å². The summed E-state index contributed by atoms with van der Waals surface area (Å²) in [5.41, 5.74) is 1.19. The molecular formula is C26H26ClFN2O2. The van der Waals surface area contributed by atoms with Crippen molar-refractivity contribution in [2.75, 3.05) is 20.1 Å². The Kier molecular flexibility index (Phi) is 6.22. The van der Waals surface area contributed by atoms with Crippen molar-refractivity contribution in [3.8, 4) is 5.75 Å². The molecule has 3 aromatic carbocycles. The van der Waals surface area contributed by atoms with Gasteiger partial charge in [-0.1, -0.05) is 61.0 Å². The standard InChI is InChI=1S/C26H26ClFN2O2/c1-25(20-8-10-21(27)11-9-20)17-29-18-26(25,16-19-6-4-3-5-7-19)30(2)24(31)32-23-14-12-22(28)13-15-23/h3-15,29H,16-18H2,1-2H3/t25-,26+/m0/s1. The molecule has 1 heterocycles. The van der Waals surface area contributed by atoms with Gasteiger partial charge in [0.25, 0.3) is 0 Å². The topological polar surface area (TPSA) is 41.6 Å². The quantitative estimate of drug-likeness (QED) is 0.559. The van der Waals surface area contributed by atoms with Gasteiger partial charge in [-0.15, -0.1) is 0 Å². The third-order valence-electron chi connectivity index (χ3n) is 6.68. The molecule has 0 bridgehead atoms. The van der Waals surface area contributed by atoms with Crippen LogP contribution in [0.5, 0.6) is 5.75 Å². The van der Waals surface area contributed by atoms with Crippen molar-refractivity contribution in [3.63, 3.8) is 0 Å². The highest BCUT2D eigenvalue weighted by atomic mass is 35.5. The van der Waals surface area contributed by atoms with Crippen LogP contribution in [0.2, 0.25) is 5.02 Å². The number of nitrogens with one attached hydrogen (secondary N) is 1. The Morgan fingerprint density at radius 2 is 1.69 bits per heavy atom. The van der Waals surface area contributed by atoms with E-state index >= 15 is 0 Å². The number of hydrogen-bond donors (Lipinski definition) is 1. The fourth-order valence-corrected chi connectivity index (χ4v) is 4.84. The van der Waals surface area contributed by atoms with Gasteiger partial charge in [0.2, 0.25) is 0 Å². The molecule has 3 aromatic rings. The van der Waals surface area contributed by atoms with Gasteiger partial charge in [0.15, 0.2) is 0 Å². The summed E-state index contributed by atoms with van der Waals surface area (Å²) in [7, 11) is 1.77. The first-order valence-electron chi connectivity index (χ1n) is 10.6. The van der Waals surface area contributed by atoms with E-state index in [9.17, 15) is 9.18 Å². The van der Waals surface area contributed by atoms with Gasteiger partial charge in [-0.2, -0.15) is 0 Å². The van der Waals surface area contributed by atoms with Gasteiger partial charge in [-0.25, -0.2) is 9.18 Å².